The summed E-state index contributed by atoms with van der Waals surface area (Å²) in [6.07, 6.45) is 5.16. The summed E-state index contributed by atoms with van der Waals surface area (Å²) in [5, 5.41) is 0. The average Bonchev–Trinajstić information content (AvgIpc) is 2.73. The zero-order chi connectivity index (χ0) is 11.3. The van der Waals surface area contributed by atoms with E-state index in [2.05, 4.69) is 6.92 Å². The van der Waals surface area contributed by atoms with Crippen molar-refractivity contribution in [2.75, 3.05) is 25.1 Å². The molecule has 1 aliphatic heterocycles. The third kappa shape index (κ3) is 3.68. The normalized spacial score (nSPS) is 23.1. The molecule has 3 nitrogen and oxygen atoms in total. The van der Waals surface area contributed by atoms with E-state index in [0.29, 0.717) is 5.92 Å². The standard InChI is InChI=1S/C11H22N2OS/c1-3-9-4-6-13(8-9)11(14)10(12)5-7-15-2/h9-10H,3-8,12H2,1-2H3/t9?,10-/m0/s1. The Bertz CT molecular complexity index is 211. The van der Waals surface area contributed by atoms with Crippen LogP contribution in [0.4, 0.5) is 0 Å². The topological polar surface area (TPSA) is 46.3 Å². The summed E-state index contributed by atoms with van der Waals surface area (Å²) in [5.74, 6) is 1.82. The third-order valence-corrected chi connectivity index (χ3v) is 3.77. The first kappa shape index (κ1) is 12.8. The number of nitrogens with two attached hydrogens (primary N) is 1. The van der Waals surface area contributed by atoms with Crippen molar-refractivity contribution in [1.82, 2.24) is 4.90 Å². The van der Waals surface area contributed by atoms with E-state index in [4.69, 9.17) is 5.73 Å². The molecule has 1 unspecified atom stereocenters. The molecule has 0 aromatic rings. The highest BCUT2D eigenvalue weighted by Crippen LogP contribution is 2.19. The lowest BCUT2D eigenvalue weighted by Gasteiger charge is -2.20. The van der Waals surface area contributed by atoms with Gasteiger partial charge in [-0.15, -0.1) is 0 Å². The summed E-state index contributed by atoms with van der Waals surface area (Å²) in [6.45, 7) is 4.01. The number of nitrogens with zero attached hydrogens (tertiary/aromatic N) is 1. The maximum absolute atomic E-state index is 11.9. The number of carbonyl (C=O) groups excluding carboxylic acids is 1. The molecule has 0 spiro atoms. The summed E-state index contributed by atoms with van der Waals surface area (Å²) < 4.78 is 0. The van der Waals surface area contributed by atoms with Crippen molar-refractivity contribution in [3.8, 4) is 0 Å². The molecular weight excluding hydrogens is 208 g/mol. The zero-order valence-corrected chi connectivity index (χ0v) is 10.6. The molecule has 0 bridgehead atoms. The number of thioether (sulfide) groups is 1. The van der Waals surface area contributed by atoms with Gasteiger partial charge < -0.3 is 10.6 Å². The first-order chi connectivity index (χ1) is 7.19. The molecule has 1 rings (SSSR count). The number of amides is 1. The van der Waals surface area contributed by atoms with Crippen LogP contribution in [0.15, 0.2) is 0 Å². The Morgan fingerprint density at radius 3 is 2.93 bits per heavy atom. The minimum atomic E-state index is -0.284. The van der Waals surface area contributed by atoms with Crippen molar-refractivity contribution >= 4 is 17.7 Å². The maximum Gasteiger partial charge on any atom is 0.239 e. The van der Waals surface area contributed by atoms with Crippen LogP contribution in [0, 0.1) is 5.92 Å². The van der Waals surface area contributed by atoms with Gasteiger partial charge in [-0.2, -0.15) is 11.8 Å². The Morgan fingerprint density at radius 1 is 1.67 bits per heavy atom. The summed E-state index contributed by atoms with van der Waals surface area (Å²) in [5.41, 5.74) is 5.87. The van der Waals surface area contributed by atoms with Crippen LogP contribution in [0.1, 0.15) is 26.2 Å². The van der Waals surface area contributed by atoms with Crippen LogP contribution in [0.2, 0.25) is 0 Å². The second-order valence-corrected chi connectivity index (χ2v) is 5.22. The van der Waals surface area contributed by atoms with E-state index in [1.165, 1.54) is 6.42 Å². The molecule has 1 heterocycles. The maximum atomic E-state index is 11.9. The minimum Gasteiger partial charge on any atom is -0.341 e. The van der Waals surface area contributed by atoms with Gasteiger partial charge in [0.25, 0.3) is 0 Å². The number of likely N-dealkylation sites (tertiary alicyclic amines) is 1. The van der Waals surface area contributed by atoms with Crippen LogP contribution in [0.25, 0.3) is 0 Å². The summed E-state index contributed by atoms with van der Waals surface area (Å²) in [4.78, 5) is 13.8. The SMILES string of the molecule is CCC1CCN(C(=O)[C@@H](N)CCSC)C1. The molecule has 0 aromatic carbocycles. The molecule has 0 aliphatic carbocycles. The highest BCUT2D eigenvalue weighted by Gasteiger charge is 2.27. The predicted octanol–water partition coefficient (Wildman–Crippen LogP) is 1.33. The van der Waals surface area contributed by atoms with Gasteiger partial charge in [0.2, 0.25) is 5.91 Å². The summed E-state index contributed by atoms with van der Waals surface area (Å²) in [6, 6.07) is -0.284. The Kier molecular flexibility index (Phi) is 5.47. The van der Waals surface area contributed by atoms with Crippen molar-refractivity contribution in [3.63, 3.8) is 0 Å². The van der Waals surface area contributed by atoms with Crippen LogP contribution >= 0.6 is 11.8 Å². The second-order valence-electron chi connectivity index (χ2n) is 4.24. The van der Waals surface area contributed by atoms with Gasteiger partial charge in [-0.25, -0.2) is 0 Å². The summed E-state index contributed by atoms with van der Waals surface area (Å²) >= 11 is 1.74. The van der Waals surface area contributed by atoms with Crippen LogP contribution in [-0.4, -0.2) is 41.9 Å². The van der Waals surface area contributed by atoms with Crippen molar-refractivity contribution in [1.29, 1.82) is 0 Å². The minimum absolute atomic E-state index is 0.153. The molecule has 0 radical (unpaired) electrons. The quantitative estimate of drug-likeness (QED) is 0.775. The summed E-state index contributed by atoms with van der Waals surface area (Å²) in [7, 11) is 0. The van der Waals surface area contributed by atoms with Crippen LogP contribution in [0.5, 0.6) is 0 Å². The van der Waals surface area contributed by atoms with Gasteiger partial charge in [-0.3, -0.25) is 4.79 Å². The Morgan fingerprint density at radius 2 is 2.40 bits per heavy atom. The molecule has 2 atom stereocenters. The van der Waals surface area contributed by atoms with E-state index in [1.807, 2.05) is 11.2 Å². The number of hydrogen-bond donors (Lipinski definition) is 1. The zero-order valence-electron chi connectivity index (χ0n) is 9.74. The van der Waals surface area contributed by atoms with Gasteiger partial charge in [-0.1, -0.05) is 13.3 Å². The molecule has 1 amide bonds. The monoisotopic (exact) mass is 230 g/mol. The number of carbonyl (C=O) groups is 1. The fourth-order valence-corrected chi connectivity index (χ4v) is 2.46. The smallest absolute Gasteiger partial charge is 0.239 e. The van der Waals surface area contributed by atoms with E-state index in [-0.39, 0.29) is 11.9 Å². The molecule has 2 N–H and O–H groups in total. The molecule has 15 heavy (non-hydrogen) atoms. The fourth-order valence-electron chi connectivity index (χ4n) is 1.97. The van der Waals surface area contributed by atoms with E-state index in [1.54, 1.807) is 11.8 Å². The molecule has 0 aromatic heterocycles. The molecular formula is C11H22N2OS. The molecule has 4 heteroatoms. The van der Waals surface area contributed by atoms with Crippen LogP contribution in [-0.2, 0) is 4.79 Å². The molecule has 1 saturated heterocycles. The van der Waals surface area contributed by atoms with E-state index < -0.39 is 0 Å². The van der Waals surface area contributed by atoms with Crippen molar-refractivity contribution < 1.29 is 4.79 Å². The Labute approximate surface area is 96.8 Å². The van der Waals surface area contributed by atoms with Crippen molar-refractivity contribution in [2.45, 2.75) is 32.2 Å². The third-order valence-electron chi connectivity index (χ3n) is 3.13. The van der Waals surface area contributed by atoms with Crippen molar-refractivity contribution in [2.24, 2.45) is 11.7 Å². The van der Waals surface area contributed by atoms with Gasteiger partial charge >= 0.3 is 0 Å². The first-order valence-corrected chi connectivity index (χ1v) is 7.11. The van der Waals surface area contributed by atoms with Crippen LogP contribution < -0.4 is 5.73 Å². The molecule has 1 fully saturated rings. The lowest BCUT2D eigenvalue weighted by molar-refractivity contribution is -0.131. The first-order valence-electron chi connectivity index (χ1n) is 5.72. The van der Waals surface area contributed by atoms with E-state index >= 15 is 0 Å². The average molecular weight is 230 g/mol. The second kappa shape index (κ2) is 6.38. The lowest BCUT2D eigenvalue weighted by atomic mass is 10.1. The Balaban J connectivity index is 2.33. The molecule has 88 valence electrons. The predicted molar refractivity (Wildman–Crippen MR) is 66.0 cm³/mol. The fraction of sp³-hybridized carbons (Fsp3) is 0.909. The van der Waals surface area contributed by atoms with E-state index in [0.717, 1.165) is 31.7 Å². The van der Waals surface area contributed by atoms with E-state index in [9.17, 15) is 4.79 Å². The number of hydrogen-bond acceptors (Lipinski definition) is 3. The highest BCUT2D eigenvalue weighted by atomic mass is 32.2. The highest BCUT2D eigenvalue weighted by molar-refractivity contribution is 7.98. The number of rotatable bonds is 5. The Hall–Kier alpha value is -0.220. The van der Waals surface area contributed by atoms with Gasteiger partial charge in [0.1, 0.15) is 0 Å². The van der Waals surface area contributed by atoms with Crippen molar-refractivity contribution in [3.05, 3.63) is 0 Å². The molecule has 0 saturated carbocycles. The lowest BCUT2D eigenvalue weighted by Crippen LogP contribution is -2.43. The van der Waals surface area contributed by atoms with Gasteiger partial charge in [-0.05, 0) is 30.8 Å². The largest absolute Gasteiger partial charge is 0.341 e. The van der Waals surface area contributed by atoms with Gasteiger partial charge in [0.15, 0.2) is 0 Å². The van der Waals surface area contributed by atoms with Gasteiger partial charge in [0, 0.05) is 13.1 Å². The van der Waals surface area contributed by atoms with Gasteiger partial charge in [0.05, 0.1) is 6.04 Å². The molecule has 1 aliphatic rings. The van der Waals surface area contributed by atoms with Crippen LogP contribution in [0.3, 0.4) is 0 Å².